The lowest BCUT2D eigenvalue weighted by Crippen LogP contribution is -2.39. The average Bonchev–Trinajstić information content (AvgIpc) is 3.16. The highest BCUT2D eigenvalue weighted by Gasteiger charge is 2.32. The van der Waals surface area contributed by atoms with Crippen LogP contribution >= 0.6 is 23.2 Å². The molecule has 1 atom stereocenters. The number of amides is 1. The summed E-state index contributed by atoms with van der Waals surface area (Å²) in [5.74, 6) is -0.670. The van der Waals surface area contributed by atoms with Crippen molar-refractivity contribution in [2.24, 2.45) is 0 Å². The Hall–Kier alpha value is -0.780. The van der Waals surface area contributed by atoms with Gasteiger partial charge in [-0.05, 0) is 37.5 Å². The minimum atomic E-state index is -3.57. The van der Waals surface area contributed by atoms with Crippen LogP contribution in [0.2, 0.25) is 10.0 Å². The average molecular weight is 336 g/mol. The minimum absolute atomic E-state index is 0.144. The van der Waals surface area contributed by atoms with Crippen molar-refractivity contribution in [3.63, 3.8) is 0 Å². The van der Waals surface area contributed by atoms with Gasteiger partial charge in [-0.2, -0.15) is 0 Å². The van der Waals surface area contributed by atoms with Crippen molar-refractivity contribution >= 4 is 38.9 Å². The fourth-order valence-corrected chi connectivity index (χ4v) is 3.31. The molecule has 0 aliphatic heterocycles. The van der Waals surface area contributed by atoms with E-state index in [1.54, 1.807) is 12.1 Å². The number of hydrogen-bond donors (Lipinski definition) is 1. The molecule has 1 aliphatic rings. The van der Waals surface area contributed by atoms with E-state index in [-0.39, 0.29) is 11.8 Å². The third kappa shape index (κ3) is 3.87. The summed E-state index contributed by atoms with van der Waals surface area (Å²) in [6, 6.07) is 4.79. The van der Waals surface area contributed by atoms with Gasteiger partial charge in [0.2, 0.25) is 5.91 Å². The van der Waals surface area contributed by atoms with Crippen LogP contribution in [-0.2, 0) is 20.4 Å². The van der Waals surface area contributed by atoms with Gasteiger partial charge in [0, 0.05) is 6.04 Å². The first-order valence-corrected chi connectivity index (χ1v) is 8.72. The van der Waals surface area contributed by atoms with Gasteiger partial charge in [-0.25, -0.2) is 8.42 Å². The Bertz CT molecular complexity index is 627. The molecule has 0 spiro atoms. The Kier molecular flexibility index (Phi) is 4.62. The molecule has 0 radical (unpaired) electrons. The van der Waals surface area contributed by atoms with Crippen molar-refractivity contribution in [2.45, 2.75) is 36.8 Å². The Morgan fingerprint density at radius 3 is 2.55 bits per heavy atom. The summed E-state index contributed by atoms with van der Waals surface area (Å²) < 4.78 is 24.4. The second-order valence-corrected chi connectivity index (χ2v) is 8.12. The van der Waals surface area contributed by atoms with Crippen LogP contribution in [0.4, 0.5) is 0 Å². The second-order valence-electron chi connectivity index (χ2n) is 4.98. The first kappa shape index (κ1) is 15.6. The van der Waals surface area contributed by atoms with E-state index in [2.05, 4.69) is 5.32 Å². The van der Waals surface area contributed by atoms with Crippen LogP contribution in [0.1, 0.15) is 25.3 Å². The summed E-state index contributed by atoms with van der Waals surface area (Å²) in [5.41, 5.74) is 0.519. The summed E-state index contributed by atoms with van der Waals surface area (Å²) in [7, 11) is -3.57. The number of carbonyl (C=O) groups excluding carboxylic acids is 1. The molecule has 1 amide bonds. The number of carbonyl (C=O) groups is 1. The molecule has 1 aliphatic carbocycles. The summed E-state index contributed by atoms with van der Waals surface area (Å²) in [6.07, 6.45) is 1.84. The van der Waals surface area contributed by atoms with Crippen molar-refractivity contribution in [2.75, 3.05) is 0 Å². The molecule has 0 heterocycles. The van der Waals surface area contributed by atoms with Crippen LogP contribution in [0.5, 0.6) is 0 Å². The molecular weight excluding hydrogens is 321 g/mol. The second kappa shape index (κ2) is 5.92. The number of rotatable bonds is 5. The lowest BCUT2D eigenvalue weighted by molar-refractivity contribution is -0.120. The van der Waals surface area contributed by atoms with E-state index < -0.39 is 21.0 Å². The summed E-state index contributed by atoms with van der Waals surface area (Å²) in [5, 5.41) is 2.30. The number of halogens is 2. The first-order valence-electron chi connectivity index (χ1n) is 6.25. The van der Waals surface area contributed by atoms with Crippen molar-refractivity contribution in [1.82, 2.24) is 5.32 Å². The van der Waals surface area contributed by atoms with Crippen LogP contribution in [-0.4, -0.2) is 25.6 Å². The molecule has 1 N–H and O–H groups in total. The lowest BCUT2D eigenvalue weighted by atomic mass is 10.2. The summed E-state index contributed by atoms with van der Waals surface area (Å²) >= 11 is 11.6. The zero-order valence-corrected chi connectivity index (χ0v) is 13.2. The molecule has 1 unspecified atom stereocenters. The van der Waals surface area contributed by atoms with Gasteiger partial charge in [0.05, 0.1) is 15.8 Å². The van der Waals surface area contributed by atoms with Gasteiger partial charge in [0.1, 0.15) is 5.25 Å². The molecule has 110 valence electrons. The number of sulfone groups is 1. The molecular formula is C13H15Cl2NO3S. The highest BCUT2D eigenvalue weighted by molar-refractivity contribution is 7.92. The summed E-state index contributed by atoms with van der Waals surface area (Å²) in [6.45, 7) is 1.41. The fraction of sp³-hybridized carbons (Fsp3) is 0.462. The molecule has 0 saturated heterocycles. The topological polar surface area (TPSA) is 63.2 Å². The lowest BCUT2D eigenvalue weighted by Gasteiger charge is -2.13. The van der Waals surface area contributed by atoms with E-state index in [1.165, 1.54) is 13.0 Å². The maximum atomic E-state index is 12.2. The van der Waals surface area contributed by atoms with Gasteiger partial charge in [-0.15, -0.1) is 0 Å². The number of hydrogen-bond acceptors (Lipinski definition) is 3. The van der Waals surface area contributed by atoms with Crippen molar-refractivity contribution in [1.29, 1.82) is 0 Å². The molecule has 1 saturated carbocycles. The Morgan fingerprint density at radius 2 is 2.00 bits per heavy atom. The minimum Gasteiger partial charge on any atom is -0.352 e. The summed E-state index contributed by atoms with van der Waals surface area (Å²) in [4.78, 5) is 11.8. The molecule has 4 nitrogen and oxygen atoms in total. The molecule has 0 bridgehead atoms. The number of benzene rings is 1. The standard InChI is InChI=1S/C13H15Cl2NO3S/c1-8(13(17)16-10-3-4-10)20(18,19)7-9-2-5-11(14)12(15)6-9/h2,5-6,8,10H,3-4,7H2,1H3,(H,16,17). The Labute approximate surface area is 128 Å². The Balaban J connectivity index is 2.08. The van der Waals surface area contributed by atoms with Gasteiger partial charge in [0.15, 0.2) is 9.84 Å². The largest absolute Gasteiger partial charge is 0.352 e. The highest BCUT2D eigenvalue weighted by Crippen LogP contribution is 2.24. The van der Waals surface area contributed by atoms with Crippen LogP contribution in [0.3, 0.4) is 0 Å². The van der Waals surface area contributed by atoms with E-state index >= 15 is 0 Å². The van der Waals surface area contributed by atoms with E-state index in [0.29, 0.717) is 15.6 Å². The highest BCUT2D eigenvalue weighted by atomic mass is 35.5. The van der Waals surface area contributed by atoms with E-state index in [1.807, 2.05) is 0 Å². The van der Waals surface area contributed by atoms with Crippen molar-refractivity contribution in [3.8, 4) is 0 Å². The SMILES string of the molecule is CC(C(=O)NC1CC1)S(=O)(=O)Cc1ccc(Cl)c(Cl)c1. The Morgan fingerprint density at radius 1 is 1.35 bits per heavy atom. The monoisotopic (exact) mass is 335 g/mol. The van der Waals surface area contributed by atoms with Crippen LogP contribution < -0.4 is 5.32 Å². The third-order valence-corrected chi connectivity index (χ3v) is 5.95. The maximum Gasteiger partial charge on any atom is 0.238 e. The predicted octanol–water partition coefficient (Wildman–Crippen LogP) is 2.58. The van der Waals surface area contributed by atoms with E-state index in [9.17, 15) is 13.2 Å². The normalized spacial score (nSPS) is 16.8. The zero-order valence-electron chi connectivity index (χ0n) is 10.9. The van der Waals surface area contributed by atoms with Gasteiger partial charge in [-0.3, -0.25) is 4.79 Å². The predicted molar refractivity (Wildman–Crippen MR) is 79.7 cm³/mol. The molecule has 20 heavy (non-hydrogen) atoms. The number of nitrogens with one attached hydrogen (secondary N) is 1. The van der Waals surface area contributed by atoms with E-state index in [4.69, 9.17) is 23.2 Å². The molecule has 0 aromatic heterocycles. The van der Waals surface area contributed by atoms with Crippen LogP contribution in [0.25, 0.3) is 0 Å². The fourth-order valence-electron chi connectivity index (χ4n) is 1.70. The van der Waals surface area contributed by atoms with Gasteiger partial charge < -0.3 is 5.32 Å². The van der Waals surface area contributed by atoms with Gasteiger partial charge in [0.25, 0.3) is 0 Å². The van der Waals surface area contributed by atoms with Gasteiger partial charge >= 0.3 is 0 Å². The van der Waals surface area contributed by atoms with Crippen molar-refractivity contribution in [3.05, 3.63) is 33.8 Å². The maximum absolute atomic E-state index is 12.2. The van der Waals surface area contributed by atoms with Gasteiger partial charge in [-0.1, -0.05) is 29.3 Å². The zero-order chi connectivity index (χ0) is 14.9. The third-order valence-electron chi connectivity index (χ3n) is 3.18. The van der Waals surface area contributed by atoms with E-state index in [0.717, 1.165) is 12.8 Å². The van der Waals surface area contributed by atoms with Crippen LogP contribution in [0.15, 0.2) is 18.2 Å². The molecule has 1 fully saturated rings. The molecule has 2 rings (SSSR count). The molecule has 1 aromatic rings. The first-order chi connectivity index (χ1) is 9.29. The quantitative estimate of drug-likeness (QED) is 0.899. The smallest absolute Gasteiger partial charge is 0.238 e. The molecule has 1 aromatic carbocycles. The van der Waals surface area contributed by atoms with Crippen LogP contribution in [0, 0.1) is 0 Å². The van der Waals surface area contributed by atoms with Crippen molar-refractivity contribution < 1.29 is 13.2 Å². The molecule has 7 heteroatoms.